The van der Waals surface area contributed by atoms with Crippen molar-refractivity contribution < 1.29 is 0 Å². The van der Waals surface area contributed by atoms with E-state index in [1.807, 2.05) is 6.07 Å². The normalized spacial score (nSPS) is 7.29. The van der Waals surface area contributed by atoms with Gasteiger partial charge in [-0.15, -0.1) is 6.58 Å². The summed E-state index contributed by atoms with van der Waals surface area (Å²) in [6, 6.07) is 10.4. The van der Waals surface area contributed by atoms with Gasteiger partial charge in [0.1, 0.15) is 0 Å². The highest BCUT2D eigenvalue weighted by molar-refractivity contribution is 6.93. The number of hydrogen-bond acceptors (Lipinski definition) is 1. The van der Waals surface area contributed by atoms with Crippen molar-refractivity contribution in [2.45, 2.75) is 11.0 Å². The molecule has 0 unspecified atom stereocenters. The number of allylic oxidation sites excluding steroid dienone is 1. The molecule has 0 aliphatic carbocycles. The predicted octanol–water partition coefficient (Wildman–Crippen LogP) is 3.60. The molecule has 1 nitrogen and oxygen atoms in total. The van der Waals surface area contributed by atoms with Crippen molar-refractivity contribution >= 4 is 28.3 Å². The lowest BCUT2D eigenvalue weighted by atomic mass is 10.2. The first-order valence-electron chi connectivity index (χ1n) is 4.35. The molecular formula is C11H17ClMgN. The van der Waals surface area contributed by atoms with Gasteiger partial charge < -0.3 is 15.2 Å². The Kier molecular flexibility index (Phi) is 15.2. The smallest absolute Gasteiger partial charge is 0.345 e. The third-order valence-corrected chi connectivity index (χ3v) is 2.76. The van der Waals surface area contributed by atoms with Crippen LogP contribution >= 0.6 is 9.07 Å². The minimum Gasteiger partial charge on any atom is -0.345 e. The quantitative estimate of drug-likeness (QED) is 0.616. The summed E-state index contributed by atoms with van der Waals surface area (Å²) in [6.07, 6.45) is 2.60. The summed E-state index contributed by atoms with van der Waals surface area (Å²) in [4.78, 5) is 0. The van der Waals surface area contributed by atoms with Crippen molar-refractivity contribution in [2.75, 3.05) is 0 Å². The topological polar surface area (TPSA) is 35.0 Å². The van der Waals surface area contributed by atoms with E-state index in [-0.39, 0.29) is 25.4 Å². The first-order chi connectivity index (χ1) is 6.35. The molecule has 1 aromatic carbocycles. The zero-order valence-corrected chi connectivity index (χ0v) is 10.8. The molecule has 1 radical (unpaired) electrons. The molecule has 14 heavy (non-hydrogen) atoms. The third-order valence-electron chi connectivity index (χ3n) is 1.43. The number of hydrogen-bond donors (Lipinski definition) is 1. The lowest BCUT2D eigenvalue weighted by molar-refractivity contribution is 1.40. The van der Waals surface area contributed by atoms with E-state index >= 15 is 0 Å². The Balaban J connectivity index is 0. The van der Waals surface area contributed by atoms with Gasteiger partial charge in [-0.05, 0) is 13.3 Å². The van der Waals surface area contributed by atoms with E-state index in [2.05, 4.69) is 37.8 Å². The fraction of sp³-hybridized carbons (Fsp3) is 0.182. The second-order valence-corrected chi connectivity index (χ2v) is 4.51. The van der Waals surface area contributed by atoms with E-state index in [4.69, 9.17) is 9.07 Å². The summed E-state index contributed by atoms with van der Waals surface area (Å²) in [7, 11) is 5.67. The van der Waals surface area contributed by atoms with Gasteiger partial charge in [0.05, 0.1) is 0 Å². The maximum atomic E-state index is 5.67. The lowest BCUT2D eigenvalue weighted by Crippen LogP contribution is -1.86. The van der Waals surface area contributed by atoms with Gasteiger partial charge in [0.25, 0.3) is 0 Å². The van der Waals surface area contributed by atoms with Gasteiger partial charge in [-0.1, -0.05) is 46.5 Å². The van der Waals surface area contributed by atoms with Crippen LogP contribution in [-0.2, 0) is 4.55 Å². The fourth-order valence-electron chi connectivity index (χ4n) is 0.754. The average molecular weight is 223 g/mol. The van der Waals surface area contributed by atoms with Crippen LogP contribution < -0.4 is 6.15 Å². The molecule has 0 fully saturated rings. The van der Waals surface area contributed by atoms with Crippen molar-refractivity contribution in [3.05, 3.63) is 55.5 Å². The van der Waals surface area contributed by atoms with Crippen LogP contribution in [0.2, 0.25) is 0 Å². The van der Waals surface area contributed by atoms with Gasteiger partial charge >= 0.3 is 19.3 Å². The Morgan fingerprint density at radius 3 is 2.14 bits per heavy atom. The minimum absolute atomic E-state index is 0. The van der Waals surface area contributed by atoms with E-state index in [0.717, 1.165) is 11.0 Å². The van der Waals surface area contributed by atoms with Crippen LogP contribution in [0.4, 0.5) is 0 Å². The summed E-state index contributed by atoms with van der Waals surface area (Å²) < 4.78 is 1.11. The Bertz CT molecular complexity index is 214. The summed E-state index contributed by atoms with van der Waals surface area (Å²) in [6.45, 7) is 6.90. The average Bonchev–Trinajstić information content (AvgIpc) is 2.20. The van der Waals surface area contributed by atoms with Crippen molar-refractivity contribution in [1.82, 2.24) is 6.15 Å². The van der Waals surface area contributed by atoms with Crippen LogP contribution in [0.15, 0.2) is 43.0 Å². The van der Waals surface area contributed by atoms with Crippen LogP contribution in [0.25, 0.3) is 0 Å². The SMILES string of the molecule is N.[CH2]CC=C.[Cl][Mg][CH2]c1ccccc1. The molecule has 0 aliphatic heterocycles. The summed E-state index contributed by atoms with van der Waals surface area (Å²) in [5.41, 5.74) is 1.37. The maximum Gasteiger partial charge on any atom is 0.505 e. The second kappa shape index (κ2) is 13.0. The summed E-state index contributed by atoms with van der Waals surface area (Å²) >= 11 is -0.312. The number of halogens is 1. The molecule has 75 valence electrons. The highest BCUT2D eigenvalue weighted by Crippen LogP contribution is 1.98. The molecule has 0 amide bonds. The molecule has 1 aromatic rings. The minimum atomic E-state index is -0.312. The summed E-state index contributed by atoms with van der Waals surface area (Å²) in [5.74, 6) is 0. The van der Waals surface area contributed by atoms with Crippen LogP contribution in [-0.4, -0.2) is 19.3 Å². The molecule has 3 heteroatoms. The van der Waals surface area contributed by atoms with Gasteiger partial charge in [-0.25, -0.2) is 0 Å². The first-order valence-corrected chi connectivity index (χ1v) is 7.49. The molecule has 0 saturated carbocycles. The first kappa shape index (κ1) is 16.4. The van der Waals surface area contributed by atoms with Gasteiger partial charge in [0, 0.05) is 0 Å². The Morgan fingerprint density at radius 2 is 1.79 bits per heavy atom. The molecule has 0 aromatic heterocycles. The zero-order valence-electron chi connectivity index (χ0n) is 8.58. The molecule has 0 spiro atoms. The highest BCUT2D eigenvalue weighted by atomic mass is 35.5. The largest absolute Gasteiger partial charge is 0.505 e. The van der Waals surface area contributed by atoms with E-state index < -0.39 is 0 Å². The molecule has 0 aliphatic rings. The van der Waals surface area contributed by atoms with E-state index in [1.54, 1.807) is 6.08 Å². The standard InChI is InChI=1S/C7H7.C4H7.ClH.Mg.H3N/c1-7-5-3-2-4-6-7;1-3-4-2;;;/h2-6H,1H2;3H,1-2,4H2;1H;;1H3/q;;;+1;/p-1. The van der Waals surface area contributed by atoms with Crippen molar-refractivity contribution in [1.29, 1.82) is 0 Å². The predicted molar refractivity (Wildman–Crippen MR) is 66.9 cm³/mol. The van der Waals surface area contributed by atoms with Crippen LogP contribution in [0.5, 0.6) is 0 Å². The Hall–Kier alpha value is -0.0238. The Labute approximate surface area is 101 Å². The van der Waals surface area contributed by atoms with Crippen LogP contribution in [0.3, 0.4) is 0 Å². The van der Waals surface area contributed by atoms with Crippen molar-refractivity contribution in [3.8, 4) is 0 Å². The van der Waals surface area contributed by atoms with Gasteiger partial charge in [0.2, 0.25) is 0 Å². The molecule has 0 bridgehead atoms. The van der Waals surface area contributed by atoms with Gasteiger partial charge in [-0.3, -0.25) is 0 Å². The molecule has 1 rings (SSSR count). The van der Waals surface area contributed by atoms with Crippen LogP contribution in [0, 0.1) is 6.92 Å². The maximum absolute atomic E-state index is 5.67. The number of rotatable bonds is 3. The van der Waals surface area contributed by atoms with E-state index in [9.17, 15) is 0 Å². The molecular weight excluding hydrogens is 206 g/mol. The lowest BCUT2D eigenvalue weighted by Gasteiger charge is -1.92. The van der Waals surface area contributed by atoms with E-state index in [1.165, 1.54) is 5.56 Å². The molecule has 0 atom stereocenters. The number of benzene rings is 1. The van der Waals surface area contributed by atoms with Gasteiger partial charge in [-0.2, -0.15) is 0 Å². The second-order valence-electron chi connectivity index (χ2n) is 2.50. The fourth-order valence-corrected chi connectivity index (χ4v) is 1.96. The molecule has 3 N–H and O–H groups in total. The van der Waals surface area contributed by atoms with E-state index in [0.29, 0.717) is 0 Å². The molecule has 0 heterocycles. The highest BCUT2D eigenvalue weighted by Gasteiger charge is 1.91. The summed E-state index contributed by atoms with van der Waals surface area (Å²) in [5, 5.41) is 0. The third kappa shape index (κ3) is 10.1. The zero-order chi connectivity index (χ0) is 9.94. The van der Waals surface area contributed by atoms with Crippen LogP contribution in [0.1, 0.15) is 12.0 Å². The Morgan fingerprint density at radius 1 is 1.29 bits per heavy atom. The van der Waals surface area contributed by atoms with Crippen molar-refractivity contribution in [2.24, 2.45) is 0 Å². The van der Waals surface area contributed by atoms with Gasteiger partial charge in [0.15, 0.2) is 0 Å². The van der Waals surface area contributed by atoms with Crippen molar-refractivity contribution in [3.63, 3.8) is 0 Å². The monoisotopic (exact) mass is 222 g/mol. The molecule has 0 saturated heterocycles.